The summed E-state index contributed by atoms with van der Waals surface area (Å²) in [6.45, 7) is 2.45. The van der Waals surface area contributed by atoms with Gasteiger partial charge in [0.05, 0.1) is 7.11 Å². The molecule has 1 aromatic carbocycles. The fourth-order valence-electron chi connectivity index (χ4n) is 3.07. The summed E-state index contributed by atoms with van der Waals surface area (Å²) in [5, 5.41) is 3.76. The van der Waals surface area contributed by atoms with E-state index in [1.54, 1.807) is 7.11 Å². The molecule has 1 heterocycles. The fourth-order valence-corrected chi connectivity index (χ4v) is 3.26. The Morgan fingerprint density at radius 1 is 1.50 bits per heavy atom. The van der Waals surface area contributed by atoms with E-state index in [2.05, 4.69) is 5.32 Å². The third-order valence-electron chi connectivity index (χ3n) is 4.21. The molecular formula is C17H25ClN2O2. The Bertz CT molecular complexity index is 507. The zero-order valence-corrected chi connectivity index (χ0v) is 14.2. The molecular weight excluding hydrogens is 300 g/mol. The lowest BCUT2D eigenvalue weighted by Crippen LogP contribution is -2.41. The molecule has 1 unspecified atom stereocenters. The smallest absolute Gasteiger partial charge is 0.223 e. The number of carbonyl (C=O) groups is 1. The van der Waals surface area contributed by atoms with Crippen LogP contribution in [-0.4, -0.2) is 44.6 Å². The van der Waals surface area contributed by atoms with Gasteiger partial charge in [0, 0.05) is 31.1 Å². The van der Waals surface area contributed by atoms with Crippen LogP contribution in [0.4, 0.5) is 0 Å². The van der Waals surface area contributed by atoms with E-state index in [0.717, 1.165) is 55.2 Å². The number of hydrogen-bond donors (Lipinski definition) is 1. The molecule has 2 rings (SSSR count). The lowest BCUT2D eigenvalue weighted by Gasteiger charge is -2.33. The van der Waals surface area contributed by atoms with E-state index in [0.29, 0.717) is 12.3 Å². The van der Waals surface area contributed by atoms with Crippen LogP contribution < -0.4 is 10.1 Å². The van der Waals surface area contributed by atoms with Crippen molar-refractivity contribution in [2.24, 2.45) is 5.92 Å². The summed E-state index contributed by atoms with van der Waals surface area (Å²) in [5.74, 6) is 1.60. The first-order valence-electron chi connectivity index (χ1n) is 7.88. The second kappa shape index (κ2) is 8.39. The van der Waals surface area contributed by atoms with E-state index in [4.69, 9.17) is 16.3 Å². The van der Waals surface area contributed by atoms with Crippen molar-refractivity contribution in [3.05, 3.63) is 28.8 Å². The highest BCUT2D eigenvalue weighted by Crippen LogP contribution is 2.28. The van der Waals surface area contributed by atoms with Gasteiger partial charge in [-0.1, -0.05) is 11.6 Å². The molecule has 1 amide bonds. The number of nitrogens with one attached hydrogen (secondary N) is 1. The number of rotatable bonds is 6. The highest BCUT2D eigenvalue weighted by Gasteiger charge is 2.24. The predicted molar refractivity (Wildman–Crippen MR) is 89.6 cm³/mol. The van der Waals surface area contributed by atoms with Gasteiger partial charge in [-0.15, -0.1) is 0 Å². The standard InChI is InChI=1S/C17H25ClN2O2/c1-19-8-7-17(21)20-9-3-4-13(12-20)10-14-11-15(18)5-6-16(14)22-2/h5-6,11,13,19H,3-4,7-10,12H2,1-2H3. The summed E-state index contributed by atoms with van der Waals surface area (Å²) in [6, 6.07) is 5.73. The largest absolute Gasteiger partial charge is 0.496 e. The number of amides is 1. The van der Waals surface area contributed by atoms with Crippen LogP contribution in [0.25, 0.3) is 0 Å². The zero-order valence-electron chi connectivity index (χ0n) is 13.4. The Kier molecular flexibility index (Phi) is 6.52. The van der Waals surface area contributed by atoms with Gasteiger partial charge in [-0.25, -0.2) is 0 Å². The van der Waals surface area contributed by atoms with Crippen molar-refractivity contribution in [2.45, 2.75) is 25.7 Å². The molecule has 0 radical (unpaired) electrons. The quantitative estimate of drug-likeness (QED) is 0.875. The molecule has 1 N–H and O–H groups in total. The second-order valence-electron chi connectivity index (χ2n) is 5.86. The molecule has 0 aliphatic carbocycles. The monoisotopic (exact) mass is 324 g/mol. The number of hydrogen-bond acceptors (Lipinski definition) is 3. The maximum atomic E-state index is 12.2. The molecule has 1 aliphatic heterocycles. The second-order valence-corrected chi connectivity index (χ2v) is 6.30. The number of methoxy groups -OCH3 is 1. The maximum Gasteiger partial charge on any atom is 0.223 e. The molecule has 1 saturated heterocycles. The van der Waals surface area contributed by atoms with Gasteiger partial charge in [0.1, 0.15) is 5.75 Å². The summed E-state index contributed by atoms with van der Waals surface area (Å²) in [4.78, 5) is 14.2. The van der Waals surface area contributed by atoms with Gasteiger partial charge >= 0.3 is 0 Å². The molecule has 1 atom stereocenters. The van der Waals surface area contributed by atoms with Crippen LogP contribution in [0.1, 0.15) is 24.8 Å². The maximum absolute atomic E-state index is 12.2. The number of carbonyl (C=O) groups excluding carboxylic acids is 1. The van der Waals surface area contributed by atoms with Crippen molar-refractivity contribution in [3.63, 3.8) is 0 Å². The fraction of sp³-hybridized carbons (Fsp3) is 0.588. The summed E-state index contributed by atoms with van der Waals surface area (Å²) >= 11 is 6.10. The van der Waals surface area contributed by atoms with Crippen LogP contribution in [0.2, 0.25) is 5.02 Å². The van der Waals surface area contributed by atoms with Gasteiger partial charge < -0.3 is 15.0 Å². The third-order valence-corrected chi connectivity index (χ3v) is 4.45. The number of nitrogens with zero attached hydrogens (tertiary/aromatic N) is 1. The minimum absolute atomic E-state index is 0.247. The molecule has 22 heavy (non-hydrogen) atoms. The van der Waals surface area contributed by atoms with E-state index in [9.17, 15) is 4.79 Å². The molecule has 5 heteroatoms. The van der Waals surface area contributed by atoms with Crippen LogP contribution in [0.3, 0.4) is 0 Å². The van der Waals surface area contributed by atoms with E-state index in [1.807, 2.05) is 30.1 Å². The third kappa shape index (κ3) is 4.62. The summed E-state index contributed by atoms with van der Waals surface area (Å²) in [5.41, 5.74) is 1.13. The first-order valence-corrected chi connectivity index (χ1v) is 8.26. The molecule has 0 spiro atoms. The molecule has 0 aromatic heterocycles. The Morgan fingerprint density at radius 2 is 2.32 bits per heavy atom. The van der Waals surface area contributed by atoms with E-state index < -0.39 is 0 Å². The normalized spacial score (nSPS) is 18.3. The van der Waals surface area contributed by atoms with Crippen LogP contribution >= 0.6 is 11.6 Å². The highest BCUT2D eigenvalue weighted by atomic mass is 35.5. The lowest BCUT2D eigenvalue weighted by atomic mass is 9.90. The zero-order chi connectivity index (χ0) is 15.9. The van der Waals surface area contributed by atoms with Crippen molar-refractivity contribution >= 4 is 17.5 Å². The average Bonchev–Trinajstić information content (AvgIpc) is 2.53. The summed E-state index contributed by atoms with van der Waals surface area (Å²) in [6.07, 6.45) is 3.69. The first kappa shape index (κ1) is 17.1. The van der Waals surface area contributed by atoms with Gasteiger partial charge in [-0.05, 0) is 56.0 Å². The van der Waals surface area contributed by atoms with Crippen molar-refractivity contribution < 1.29 is 9.53 Å². The average molecular weight is 325 g/mol. The number of halogens is 1. The number of piperidine rings is 1. The number of benzene rings is 1. The Labute approximate surface area is 137 Å². The van der Waals surface area contributed by atoms with Crippen molar-refractivity contribution in [1.82, 2.24) is 10.2 Å². The highest BCUT2D eigenvalue weighted by molar-refractivity contribution is 6.30. The van der Waals surface area contributed by atoms with Crippen LogP contribution in [0, 0.1) is 5.92 Å². The van der Waals surface area contributed by atoms with Crippen LogP contribution in [0.15, 0.2) is 18.2 Å². The number of likely N-dealkylation sites (tertiary alicyclic amines) is 1. The summed E-state index contributed by atoms with van der Waals surface area (Å²) < 4.78 is 5.42. The Hall–Kier alpha value is -1.26. The number of ether oxygens (including phenoxy) is 1. The van der Waals surface area contributed by atoms with Gasteiger partial charge in [-0.2, -0.15) is 0 Å². The predicted octanol–water partition coefficient (Wildman–Crippen LogP) is 2.74. The molecule has 122 valence electrons. The van der Waals surface area contributed by atoms with E-state index in [1.165, 1.54) is 0 Å². The summed E-state index contributed by atoms with van der Waals surface area (Å²) in [7, 11) is 3.55. The van der Waals surface area contributed by atoms with Gasteiger partial charge in [0.15, 0.2) is 0 Å². The Morgan fingerprint density at radius 3 is 3.05 bits per heavy atom. The SMILES string of the molecule is CNCCC(=O)N1CCCC(Cc2cc(Cl)ccc2OC)C1. The molecule has 1 aliphatic rings. The van der Waals surface area contributed by atoms with Gasteiger partial charge in [0.2, 0.25) is 5.91 Å². The van der Waals surface area contributed by atoms with Gasteiger partial charge in [0.25, 0.3) is 0 Å². The lowest BCUT2D eigenvalue weighted by molar-refractivity contribution is -0.132. The molecule has 0 saturated carbocycles. The van der Waals surface area contributed by atoms with Crippen LogP contribution in [0.5, 0.6) is 5.75 Å². The van der Waals surface area contributed by atoms with E-state index >= 15 is 0 Å². The Balaban J connectivity index is 1.98. The van der Waals surface area contributed by atoms with E-state index in [-0.39, 0.29) is 5.91 Å². The minimum atomic E-state index is 0.247. The van der Waals surface area contributed by atoms with Gasteiger partial charge in [-0.3, -0.25) is 4.79 Å². The first-order chi connectivity index (χ1) is 10.6. The molecule has 4 nitrogen and oxygen atoms in total. The topological polar surface area (TPSA) is 41.6 Å². The molecule has 0 bridgehead atoms. The van der Waals surface area contributed by atoms with Crippen molar-refractivity contribution in [1.29, 1.82) is 0 Å². The minimum Gasteiger partial charge on any atom is -0.496 e. The van der Waals surface area contributed by atoms with Crippen molar-refractivity contribution in [3.8, 4) is 5.75 Å². The van der Waals surface area contributed by atoms with Crippen molar-refractivity contribution in [2.75, 3.05) is 33.8 Å². The molecule has 1 aromatic rings. The molecule has 1 fully saturated rings. The van der Waals surface area contributed by atoms with Crippen LogP contribution in [-0.2, 0) is 11.2 Å².